The molecule has 0 saturated heterocycles. The molecule has 1 N–H and O–H groups in total. The van der Waals surface area contributed by atoms with Crippen LogP contribution in [0.25, 0.3) is 5.65 Å². The zero-order chi connectivity index (χ0) is 15.7. The number of fused-ring (bicyclic) bond motifs is 1. The molecule has 2 heterocycles. The van der Waals surface area contributed by atoms with Gasteiger partial charge in [0, 0.05) is 6.54 Å². The van der Waals surface area contributed by atoms with E-state index in [1.54, 1.807) is 6.07 Å². The van der Waals surface area contributed by atoms with Gasteiger partial charge in [-0.3, -0.25) is 0 Å². The Bertz CT molecular complexity index is 813. The number of tetrazole rings is 1. The number of halogens is 4. The highest BCUT2D eigenvalue weighted by Gasteiger charge is 2.33. The zero-order valence-electron chi connectivity index (χ0n) is 10.8. The summed E-state index contributed by atoms with van der Waals surface area (Å²) in [6.07, 6.45) is -4.63. The molecule has 0 saturated carbocycles. The Morgan fingerprint density at radius 1 is 1.14 bits per heavy atom. The number of nitrogens with one attached hydrogen (secondary N) is 1. The Hall–Kier alpha value is -2.78. The number of aromatic nitrogens is 5. The SMILES string of the molecule is Fc1ccc(CNc2ccc3nnnn3n2)c(C(F)(F)F)c1. The lowest BCUT2D eigenvalue weighted by molar-refractivity contribution is -0.138. The second-order valence-electron chi connectivity index (χ2n) is 4.40. The van der Waals surface area contributed by atoms with E-state index < -0.39 is 17.6 Å². The number of benzene rings is 1. The summed E-state index contributed by atoms with van der Waals surface area (Å²) in [5.74, 6) is -0.651. The van der Waals surface area contributed by atoms with Crippen LogP contribution < -0.4 is 5.32 Å². The van der Waals surface area contributed by atoms with Crippen molar-refractivity contribution in [3.05, 3.63) is 47.3 Å². The van der Waals surface area contributed by atoms with Gasteiger partial charge < -0.3 is 5.32 Å². The van der Waals surface area contributed by atoms with Crippen molar-refractivity contribution in [3.8, 4) is 0 Å². The van der Waals surface area contributed by atoms with Crippen LogP contribution in [0.15, 0.2) is 30.3 Å². The summed E-state index contributed by atoms with van der Waals surface area (Å²) in [4.78, 5) is 0. The Morgan fingerprint density at radius 2 is 1.95 bits per heavy atom. The van der Waals surface area contributed by atoms with Crippen molar-refractivity contribution in [2.24, 2.45) is 0 Å². The zero-order valence-corrected chi connectivity index (χ0v) is 10.8. The molecule has 0 unspecified atom stereocenters. The predicted octanol–water partition coefficient (Wildman–Crippen LogP) is 2.29. The molecule has 6 nitrogen and oxygen atoms in total. The van der Waals surface area contributed by atoms with Crippen LogP contribution in [0.3, 0.4) is 0 Å². The van der Waals surface area contributed by atoms with Crippen molar-refractivity contribution in [1.29, 1.82) is 0 Å². The van der Waals surface area contributed by atoms with Crippen LogP contribution in [0, 0.1) is 5.82 Å². The number of hydrogen-bond donors (Lipinski definition) is 1. The Labute approximate surface area is 120 Å². The molecule has 22 heavy (non-hydrogen) atoms. The molecule has 0 aliphatic heterocycles. The molecule has 114 valence electrons. The van der Waals surface area contributed by atoms with E-state index in [0.29, 0.717) is 11.7 Å². The minimum atomic E-state index is -4.63. The third-order valence-corrected chi connectivity index (χ3v) is 2.91. The summed E-state index contributed by atoms with van der Waals surface area (Å²) >= 11 is 0. The van der Waals surface area contributed by atoms with E-state index in [4.69, 9.17) is 0 Å². The molecular formula is C12H8F4N6. The summed E-state index contributed by atoms with van der Waals surface area (Å²) in [6, 6.07) is 5.62. The first-order chi connectivity index (χ1) is 10.4. The summed E-state index contributed by atoms with van der Waals surface area (Å²) in [7, 11) is 0. The lowest BCUT2D eigenvalue weighted by Gasteiger charge is -2.13. The van der Waals surface area contributed by atoms with E-state index in [1.807, 2.05) is 0 Å². The summed E-state index contributed by atoms with van der Waals surface area (Å²) in [6.45, 7) is -0.171. The van der Waals surface area contributed by atoms with Crippen molar-refractivity contribution < 1.29 is 17.6 Å². The van der Waals surface area contributed by atoms with Gasteiger partial charge in [0.05, 0.1) is 5.56 Å². The molecule has 0 spiro atoms. The van der Waals surface area contributed by atoms with Gasteiger partial charge in [0.1, 0.15) is 11.6 Å². The second-order valence-corrected chi connectivity index (χ2v) is 4.40. The molecule has 0 amide bonds. The molecule has 0 bridgehead atoms. The molecule has 3 rings (SSSR count). The smallest absolute Gasteiger partial charge is 0.364 e. The highest BCUT2D eigenvalue weighted by Crippen LogP contribution is 2.32. The van der Waals surface area contributed by atoms with Gasteiger partial charge in [-0.1, -0.05) is 6.07 Å². The van der Waals surface area contributed by atoms with Gasteiger partial charge in [0.25, 0.3) is 0 Å². The summed E-state index contributed by atoms with van der Waals surface area (Å²) in [5.41, 5.74) is -0.709. The Kier molecular flexibility index (Phi) is 3.35. The van der Waals surface area contributed by atoms with E-state index in [2.05, 4.69) is 25.9 Å². The third kappa shape index (κ3) is 2.80. The summed E-state index contributed by atoms with van der Waals surface area (Å²) < 4.78 is 52.8. The van der Waals surface area contributed by atoms with E-state index in [9.17, 15) is 17.6 Å². The molecule has 0 aliphatic rings. The average Bonchev–Trinajstić information content (AvgIpc) is 2.92. The monoisotopic (exact) mass is 312 g/mol. The fraction of sp³-hybridized carbons (Fsp3) is 0.167. The van der Waals surface area contributed by atoms with Gasteiger partial charge in [-0.15, -0.1) is 14.8 Å². The minimum Gasteiger partial charge on any atom is -0.364 e. The highest BCUT2D eigenvalue weighted by atomic mass is 19.4. The van der Waals surface area contributed by atoms with Gasteiger partial charge >= 0.3 is 6.18 Å². The molecule has 0 atom stereocenters. The van der Waals surface area contributed by atoms with Crippen LogP contribution in [0.2, 0.25) is 0 Å². The number of anilines is 1. The fourth-order valence-electron chi connectivity index (χ4n) is 1.90. The van der Waals surface area contributed by atoms with E-state index in [0.717, 1.165) is 16.8 Å². The van der Waals surface area contributed by atoms with Crippen LogP contribution >= 0.6 is 0 Å². The van der Waals surface area contributed by atoms with Crippen molar-refractivity contribution in [1.82, 2.24) is 25.3 Å². The quantitative estimate of drug-likeness (QED) is 0.752. The first-order valence-electron chi connectivity index (χ1n) is 6.08. The molecule has 0 aliphatic carbocycles. The lowest BCUT2D eigenvalue weighted by atomic mass is 10.1. The van der Waals surface area contributed by atoms with Crippen LogP contribution in [-0.4, -0.2) is 25.3 Å². The first-order valence-corrected chi connectivity index (χ1v) is 6.08. The standard InChI is InChI=1S/C12H8F4N6/c13-8-2-1-7(9(5-8)12(14,15)16)6-17-10-3-4-11-18-20-21-22(11)19-10/h1-5H,6H2,(H,17,19). The van der Waals surface area contributed by atoms with Crippen molar-refractivity contribution in [2.75, 3.05) is 5.32 Å². The summed E-state index contributed by atoms with van der Waals surface area (Å²) in [5, 5.41) is 17.3. The van der Waals surface area contributed by atoms with Gasteiger partial charge in [-0.05, 0) is 40.3 Å². The maximum absolute atomic E-state index is 13.0. The molecule has 1 aromatic carbocycles. The minimum absolute atomic E-state index is 0.0903. The third-order valence-electron chi connectivity index (χ3n) is 2.91. The molecule has 3 aromatic rings. The molecule has 0 fully saturated rings. The van der Waals surface area contributed by atoms with Gasteiger partial charge in [0.2, 0.25) is 0 Å². The average molecular weight is 312 g/mol. The van der Waals surface area contributed by atoms with Crippen LogP contribution in [0.4, 0.5) is 23.4 Å². The maximum atomic E-state index is 13.0. The number of hydrogen-bond acceptors (Lipinski definition) is 5. The topological polar surface area (TPSA) is 68.0 Å². The van der Waals surface area contributed by atoms with E-state index >= 15 is 0 Å². The number of rotatable bonds is 3. The number of alkyl halides is 3. The molecule has 2 aromatic heterocycles. The van der Waals surface area contributed by atoms with Crippen LogP contribution in [0.5, 0.6) is 0 Å². The molecule has 10 heteroatoms. The second kappa shape index (κ2) is 5.20. The van der Waals surface area contributed by atoms with E-state index in [1.165, 1.54) is 6.07 Å². The van der Waals surface area contributed by atoms with Gasteiger partial charge in [0.15, 0.2) is 5.65 Å². The van der Waals surface area contributed by atoms with Crippen LogP contribution in [-0.2, 0) is 12.7 Å². The van der Waals surface area contributed by atoms with Crippen molar-refractivity contribution in [3.63, 3.8) is 0 Å². The van der Waals surface area contributed by atoms with Crippen molar-refractivity contribution in [2.45, 2.75) is 12.7 Å². The Balaban J connectivity index is 1.84. The molecule has 0 radical (unpaired) electrons. The normalized spacial score (nSPS) is 11.8. The lowest BCUT2D eigenvalue weighted by Crippen LogP contribution is -2.13. The predicted molar refractivity (Wildman–Crippen MR) is 67.3 cm³/mol. The van der Waals surface area contributed by atoms with E-state index in [-0.39, 0.29) is 17.9 Å². The fourth-order valence-corrected chi connectivity index (χ4v) is 1.90. The highest BCUT2D eigenvalue weighted by molar-refractivity contribution is 5.43. The van der Waals surface area contributed by atoms with Crippen molar-refractivity contribution >= 4 is 11.5 Å². The van der Waals surface area contributed by atoms with Gasteiger partial charge in [-0.25, -0.2) is 4.39 Å². The Morgan fingerprint density at radius 3 is 2.73 bits per heavy atom. The largest absolute Gasteiger partial charge is 0.416 e. The maximum Gasteiger partial charge on any atom is 0.416 e. The van der Waals surface area contributed by atoms with Gasteiger partial charge in [-0.2, -0.15) is 13.2 Å². The van der Waals surface area contributed by atoms with Crippen LogP contribution in [0.1, 0.15) is 11.1 Å². The number of nitrogens with zero attached hydrogens (tertiary/aromatic N) is 5. The molecular weight excluding hydrogens is 304 g/mol. The first kappa shape index (κ1) is 14.2.